The Balaban J connectivity index is 1.90. The van der Waals surface area contributed by atoms with Crippen LogP contribution in [-0.2, 0) is 6.54 Å². The maximum atomic E-state index is 12.6. The molecule has 2 N–H and O–H groups in total. The molecule has 0 saturated heterocycles. The van der Waals surface area contributed by atoms with Gasteiger partial charge in [0, 0.05) is 37.2 Å². The fraction of sp³-hybridized carbons (Fsp3) is 0.263. The Morgan fingerprint density at radius 2 is 1.85 bits per heavy atom. The maximum Gasteiger partial charge on any atom is 0.276 e. The van der Waals surface area contributed by atoms with E-state index in [0.717, 1.165) is 28.2 Å². The molecule has 0 aliphatic carbocycles. The van der Waals surface area contributed by atoms with Gasteiger partial charge < -0.3 is 10.6 Å². The third-order valence-electron chi connectivity index (χ3n) is 4.46. The Bertz CT molecular complexity index is 962. The molecule has 0 aliphatic rings. The van der Waals surface area contributed by atoms with Gasteiger partial charge in [0.05, 0.1) is 11.4 Å². The van der Waals surface area contributed by atoms with Crippen molar-refractivity contribution in [2.24, 2.45) is 0 Å². The molecular formula is C19H22N6O. The molecule has 0 radical (unpaired) electrons. The Kier molecular flexibility index (Phi) is 4.71. The first-order chi connectivity index (χ1) is 12.4. The number of para-hydroxylation sites is 1. The summed E-state index contributed by atoms with van der Waals surface area (Å²) in [5, 5.41) is 4.67. The second-order valence-corrected chi connectivity index (χ2v) is 6.30. The summed E-state index contributed by atoms with van der Waals surface area (Å²) in [6.45, 7) is 6.43. The van der Waals surface area contributed by atoms with E-state index in [0.29, 0.717) is 6.54 Å². The predicted molar refractivity (Wildman–Crippen MR) is 100 cm³/mol. The summed E-state index contributed by atoms with van der Waals surface area (Å²) in [5.74, 6) is -0.133. The summed E-state index contributed by atoms with van der Waals surface area (Å²) < 4.78 is 1.93. The van der Waals surface area contributed by atoms with Crippen LogP contribution >= 0.6 is 0 Å². The molecule has 0 fully saturated rings. The topological polar surface area (TPSA) is 89.9 Å². The standard InChI is InChI=1S/C19H22N6O/c1-12-7-5-6-8-16(12)25-14(3)15(13(2)23-25)11-24(4)19(26)17-18(20)22-10-9-21-17/h5-10H,11H2,1-4H3,(H2,20,22). The molecule has 7 nitrogen and oxygen atoms in total. The summed E-state index contributed by atoms with van der Waals surface area (Å²) in [6, 6.07) is 8.08. The molecule has 0 saturated carbocycles. The van der Waals surface area contributed by atoms with E-state index in [1.54, 1.807) is 11.9 Å². The minimum atomic E-state index is -0.266. The molecule has 1 amide bonds. The van der Waals surface area contributed by atoms with Crippen LogP contribution in [0.3, 0.4) is 0 Å². The van der Waals surface area contributed by atoms with Crippen LogP contribution in [0.1, 0.15) is 33.0 Å². The highest BCUT2D eigenvalue weighted by Crippen LogP contribution is 2.22. The molecule has 3 aromatic rings. The summed E-state index contributed by atoms with van der Waals surface area (Å²) in [6.07, 6.45) is 2.93. The molecular weight excluding hydrogens is 328 g/mol. The number of benzene rings is 1. The molecule has 2 aromatic heterocycles. The summed E-state index contributed by atoms with van der Waals surface area (Å²) in [7, 11) is 1.72. The van der Waals surface area contributed by atoms with Crippen LogP contribution in [-0.4, -0.2) is 37.6 Å². The zero-order valence-electron chi connectivity index (χ0n) is 15.4. The molecule has 2 heterocycles. The lowest BCUT2D eigenvalue weighted by Gasteiger charge is -2.17. The Labute approximate surface area is 152 Å². The largest absolute Gasteiger partial charge is 0.382 e. The number of carbonyl (C=O) groups is 1. The molecule has 1 aromatic carbocycles. The van der Waals surface area contributed by atoms with Gasteiger partial charge in [0.1, 0.15) is 0 Å². The number of nitrogens with two attached hydrogens (primary N) is 1. The van der Waals surface area contributed by atoms with Gasteiger partial charge >= 0.3 is 0 Å². The number of anilines is 1. The van der Waals surface area contributed by atoms with Crippen molar-refractivity contribution in [3.05, 3.63) is 64.9 Å². The summed E-state index contributed by atoms with van der Waals surface area (Å²) in [5.41, 5.74) is 11.0. The zero-order valence-corrected chi connectivity index (χ0v) is 15.4. The van der Waals surface area contributed by atoms with Crippen molar-refractivity contribution < 1.29 is 4.79 Å². The van der Waals surface area contributed by atoms with Crippen LogP contribution in [0.5, 0.6) is 0 Å². The van der Waals surface area contributed by atoms with Crippen LogP contribution < -0.4 is 5.73 Å². The molecule has 0 atom stereocenters. The van der Waals surface area contributed by atoms with Gasteiger partial charge in [-0.2, -0.15) is 5.10 Å². The minimum absolute atomic E-state index is 0.133. The minimum Gasteiger partial charge on any atom is -0.382 e. The second kappa shape index (κ2) is 6.95. The van der Waals surface area contributed by atoms with E-state index in [-0.39, 0.29) is 17.4 Å². The fourth-order valence-electron chi connectivity index (χ4n) is 2.94. The van der Waals surface area contributed by atoms with E-state index in [2.05, 4.69) is 28.1 Å². The van der Waals surface area contributed by atoms with Gasteiger partial charge in [-0.15, -0.1) is 0 Å². The number of hydrogen-bond acceptors (Lipinski definition) is 5. The van der Waals surface area contributed by atoms with Gasteiger partial charge in [-0.05, 0) is 32.4 Å². The smallest absolute Gasteiger partial charge is 0.276 e. The van der Waals surface area contributed by atoms with Gasteiger partial charge in [0.2, 0.25) is 0 Å². The lowest BCUT2D eigenvalue weighted by Crippen LogP contribution is -2.28. The Hall–Kier alpha value is -3.22. The zero-order chi connectivity index (χ0) is 18.8. The molecule has 0 aliphatic heterocycles. The van der Waals surface area contributed by atoms with Gasteiger partial charge in [0.15, 0.2) is 11.5 Å². The number of nitrogens with zero attached hydrogens (tertiary/aromatic N) is 5. The van der Waals surface area contributed by atoms with Crippen molar-refractivity contribution in [3.8, 4) is 5.69 Å². The summed E-state index contributed by atoms with van der Waals surface area (Å²) in [4.78, 5) is 22.2. The van der Waals surface area contributed by atoms with E-state index >= 15 is 0 Å². The lowest BCUT2D eigenvalue weighted by molar-refractivity contribution is 0.0779. The van der Waals surface area contributed by atoms with Crippen molar-refractivity contribution in [1.82, 2.24) is 24.6 Å². The van der Waals surface area contributed by atoms with E-state index < -0.39 is 0 Å². The first-order valence-electron chi connectivity index (χ1n) is 8.33. The molecule has 0 bridgehead atoms. The Morgan fingerprint density at radius 3 is 2.54 bits per heavy atom. The number of carbonyl (C=O) groups excluding carboxylic acids is 1. The summed E-state index contributed by atoms with van der Waals surface area (Å²) >= 11 is 0. The number of hydrogen-bond donors (Lipinski definition) is 1. The highest BCUT2D eigenvalue weighted by molar-refractivity contribution is 5.96. The van der Waals surface area contributed by atoms with E-state index in [1.165, 1.54) is 12.4 Å². The van der Waals surface area contributed by atoms with Crippen LogP contribution in [0.4, 0.5) is 5.82 Å². The van der Waals surface area contributed by atoms with Crippen LogP contribution in [0.15, 0.2) is 36.7 Å². The quantitative estimate of drug-likeness (QED) is 0.780. The third-order valence-corrected chi connectivity index (χ3v) is 4.46. The molecule has 134 valence electrons. The lowest BCUT2D eigenvalue weighted by atomic mass is 10.1. The number of aromatic nitrogens is 4. The highest BCUT2D eigenvalue weighted by Gasteiger charge is 2.21. The maximum absolute atomic E-state index is 12.6. The molecule has 26 heavy (non-hydrogen) atoms. The first-order valence-corrected chi connectivity index (χ1v) is 8.33. The molecule has 0 spiro atoms. The number of aryl methyl sites for hydroxylation is 2. The van der Waals surface area contributed by atoms with Crippen LogP contribution in [0, 0.1) is 20.8 Å². The van der Waals surface area contributed by atoms with Gasteiger partial charge in [0.25, 0.3) is 5.91 Å². The Morgan fingerprint density at radius 1 is 1.15 bits per heavy atom. The van der Waals surface area contributed by atoms with E-state index in [9.17, 15) is 4.79 Å². The second-order valence-electron chi connectivity index (χ2n) is 6.30. The SMILES string of the molecule is Cc1ccccc1-n1nc(C)c(CN(C)C(=O)c2nccnc2N)c1C. The molecule has 3 rings (SSSR count). The fourth-order valence-corrected chi connectivity index (χ4v) is 2.94. The number of amides is 1. The first kappa shape index (κ1) is 17.6. The van der Waals surface area contributed by atoms with Gasteiger partial charge in [-0.3, -0.25) is 4.79 Å². The van der Waals surface area contributed by atoms with E-state index in [1.807, 2.05) is 36.7 Å². The number of nitrogen functional groups attached to an aromatic ring is 1. The van der Waals surface area contributed by atoms with Crippen LogP contribution in [0.25, 0.3) is 5.69 Å². The third kappa shape index (κ3) is 3.15. The predicted octanol–water partition coefficient (Wildman–Crippen LogP) is 2.44. The number of rotatable bonds is 4. The normalized spacial score (nSPS) is 10.8. The average molecular weight is 350 g/mol. The van der Waals surface area contributed by atoms with Crippen molar-refractivity contribution in [3.63, 3.8) is 0 Å². The van der Waals surface area contributed by atoms with Gasteiger partial charge in [-0.25, -0.2) is 14.6 Å². The molecule has 0 unspecified atom stereocenters. The highest BCUT2D eigenvalue weighted by atomic mass is 16.2. The monoisotopic (exact) mass is 350 g/mol. The van der Waals surface area contributed by atoms with Crippen molar-refractivity contribution >= 4 is 11.7 Å². The van der Waals surface area contributed by atoms with Crippen molar-refractivity contribution in [2.75, 3.05) is 12.8 Å². The van der Waals surface area contributed by atoms with E-state index in [4.69, 9.17) is 5.73 Å². The molecule has 7 heteroatoms. The van der Waals surface area contributed by atoms with Crippen LogP contribution in [0.2, 0.25) is 0 Å². The van der Waals surface area contributed by atoms with Crippen molar-refractivity contribution in [1.29, 1.82) is 0 Å². The average Bonchev–Trinajstić information content (AvgIpc) is 2.90. The van der Waals surface area contributed by atoms with Gasteiger partial charge in [-0.1, -0.05) is 18.2 Å². The van der Waals surface area contributed by atoms with Crippen molar-refractivity contribution in [2.45, 2.75) is 27.3 Å².